The van der Waals surface area contributed by atoms with Gasteiger partial charge in [-0.05, 0) is 55.9 Å². The molecule has 1 unspecified atom stereocenters. The SMILES string of the molecule is Cc1cc(N2C(=O)[C@@H]3C[C@H]2CN3C[C@H](C)C(=O)N2C3C[C@H]3C[C@H]2C#N)cc(C(F)(F)F)c1. The first-order valence-electron chi connectivity index (χ1n) is 11.1. The van der Waals surface area contributed by atoms with Crippen molar-refractivity contribution in [2.75, 3.05) is 18.0 Å². The van der Waals surface area contributed by atoms with E-state index >= 15 is 0 Å². The smallest absolute Gasteiger partial charge is 0.323 e. The molecule has 3 saturated heterocycles. The molecule has 2 amide bonds. The van der Waals surface area contributed by atoms with Gasteiger partial charge in [0.25, 0.3) is 0 Å². The van der Waals surface area contributed by atoms with Crippen LogP contribution in [0.15, 0.2) is 18.2 Å². The minimum absolute atomic E-state index is 0.0397. The number of fused-ring (bicyclic) bond motifs is 3. The van der Waals surface area contributed by atoms with E-state index in [1.54, 1.807) is 17.9 Å². The van der Waals surface area contributed by atoms with Crippen molar-refractivity contribution < 1.29 is 22.8 Å². The van der Waals surface area contributed by atoms with Crippen LogP contribution in [0.5, 0.6) is 0 Å². The molecule has 2 bridgehead atoms. The summed E-state index contributed by atoms with van der Waals surface area (Å²) in [5.41, 5.74) is -0.0139. The Morgan fingerprint density at radius 2 is 2.00 bits per heavy atom. The predicted octanol–water partition coefficient (Wildman–Crippen LogP) is 2.95. The minimum Gasteiger partial charge on any atom is -0.323 e. The number of aryl methyl sites for hydroxylation is 1. The number of nitrogens with zero attached hydrogens (tertiary/aromatic N) is 4. The number of rotatable bonds is 4. The van der Waals surface area contributed by atoms with Gasteiger partial charge < -0.3 is 9.80 Å². The van der Waals surface area contributed by atoms with Crippen molar-refractivity contribution >= 4 is 17.5 Å². The Bertz CT molecular complexity index is 1020. The zero-order valence-corrected chi connectivity index (χ0v) is 18.0. The highest BCUT2D eigenvalue weighted by molar-refractivity contribution is 6.01. The van der Waals surface area contributed by atoms with Gasteiger partial charge >= 0.3 is 6.18 Å². The Labute approximate surface area is 184 Å². The van der Waals surface area contributed by atoms with Crippen LogP contribution in [-0.2, 0) is 15.8 Å². The summed E-state index contributed by atoms with van der Waals surface area (Å²) in [6.07, 6.45) is -2.21. The lowest BCUT2D eigenvalue weighted by Crippen LogP contribution is -2.53. The van der Waals surface area contributed by atoms with Crippen molar-refractivity contribution in [3.05, 3.63) is 29.3 Å². The van der Waals surface area contributed by atoms with Crippen LogP contribution in [0.4, 0.5) is 18.9 Å². The molecule has 0 radical (unpaired) electrons. The van der Waals surface area contributed by atoms with Gasteiger partial charge in [-0.25, -0.2) is 0 Å². The van der Waals surface area contributed by atoms with Gasteiger partial charge in [-0.2, -0.15) is 18.4 Å². The molecule has 32 heavy (non-hydrogen) atoms. The van der Waals surface area contributed by atoms with Gasteiger partial charge in [0.2, 0.25) is 11.8 Å². The van der Waals surface area contributed by atoms with Gasteiger partial charge in [-0.3, -0.25) is 14.5 Å². The summed E-state index contributed by atoms with van der Waals surface area (Å²) in [5, 5.41) is 9.36. The lowest BCUT2D eigenvalue weighted by Gasteiger charge is -2.36. The summed E-state index contributed by atoms with van der Waals surface area (Å²) in [4.78, 5) is 31.3. The number of anilines is 1. The third-order valence-corrected chi connectivity index (χ3v) is 7.37. The average Bonchev–Trinajstić information content (AvgIpc) is 3.05. The van der Waals surface area contributed by atoms with Crippen molar-refractivity contribution in [3.63, 3.8) is 0 Å². The molecule has 3 aliphatic heterocycles. The zero-order valence-electron chi connectivity index (χ0n) is 18.0. The van der Waals surface area contributed by atoms with Gasteiger partial charge in [0, 0.05) is 30.7 Å². The number of alkyl halides is 3. The second-order valence-electron chi connectivity index (χ2n) is 9.71. The molecule has 0 spiro atoms. The molecular weight excluding hydrogens is 421 g/mol. The Morgan fingerprint density at radius 1 is 1.25 bits per heavy atom. The second-order valence-corrected chi connectivity index (χ2v) is 9.71. The fourth-order valence-electron chi connectivity index (χ4n) is 5.84. The van der Waals surface area contributed by atoms with Crippen molar-refractivity contribution in [1.29, 1.82) is 5.26 Å². The highest BCUT2D eigenvalue weighted by Gasteiger charge is 2.55. The zero-order chi connectivity index (χ0) is 22.9. The number of nitriles is 1. The van der Waals surface area contributed by atoms with Crippen LogP contribution in [0.1, 0.15) is 37.3 Å². The molecule has 6 nitrogen and oxygen atoms in total. The number of hydrogen-bond acceptors (Lipinski definition) is 4. The van der Waals surface area contributed by atoms with Crippen LogP contribution in [0.25, 0.3) is 0 Å². The summed E-state index contributed by atoms with van der Waals surface area (Å²) in [6.45, 7) is 4.36. The van der Waals surface area contributed by atoms with Crippen molar-refractivity contribution in [3.8, 4) is 6.07 Å². The fourth-order valence-corrected chi connectivity index (χ4v) is 5.84. The van der Waals surface area contributed by atoms with E-state index in [0.29, 0.717) is 31.0 Å². The van der Waals surface area contributed by atoms with Crippen LogP contribution < -0.4 is 4.90 Å². The van der Waals surface area contributed by atoms with Crippen LogP contribution in [0.3, 0.4) is 0 Å². The van der Waals surface area contributed by atoms with Gasteiger partial charge in [0.05, 0.1) is 23.7 Å². The second kappa shape index (κ2) is 7.20. The lowest BCUT2D eigenvalue weighted by atomic mass is 10.1. The molecule has 5 rings (SSSR count). The molecule has 1 aromatic rings. The van der Waals surface area contributed by atoms with E-state index in [2.05, 4.69) is 6.07 Å². The predicted molar refractivity (Wildman–Crippen MR) is 109 cm³/mol. The lowest BCUT2D eigenvalue weighted by molar-refractivity contribution is -0.138. The quantitative estimate of drug-likeness (QED) is 0.713. The first-order chi connectivity index (χ1) is 15.1. The molecule has 6 atom stereocenters. The highest BCUT2D eigenvalue weighted by Crippen LogP contribution is 2.48. The maximum absolute atomic E-state index is 13.2. The number of amides is 2. The monoisotopic (exact) mass is 446 g/mol. The maximum Gasteiger partial charge on any atom is 0.416 e. The van der Waals surface area contributed by atoms with Crippen molar-refractivity contribution in [2.45, 2.75) is 63.5 Å². The summed E-state index contributed by atoms with van der Waals surface area (Å²) < 4.78 is 39.7. The Hall–Kier alpha value is -2.60. The number of likely N-dealkylation sites (tertiary alicyclic amines) is 2. The largest absolute Gasteiger partial charge is 0.416 e. The van der Waals surface area contributed by atoms with Crippen molar-refractivity contribution in [2.24, 2.45) is 11.8 Å². The number of halogens is 3. The van der Waals surface area contributed by atoms with E-state index in [9.17, 15) is 28.0 Å². The number of carbonyl (C=O) groups excluding carboxylic acids is 2. The molecule has 170 valence electrons. The van der Waals surface area contributed by atoms with Crippen LogP contribution >= 0.6 is 0 Å². The maximum atomic E-state index is 13.2. The normalized spacial score (nSPS) is 32.2. The molecule has 1 aromatic carbocycles. The molecule has 4 aliphatic rings. The van der Waals surface area contributed by atoms with E-state index in [1.165, 1.54) is 4.90 Å². The molecule has 0 aromatic heterocycles. The summed E-state index contributed by atoms with van der Waals surface area (Å²) >= 11 is 0. The van der Waals surface area contributed by atoms with Crippen molar-refractivity contribution in [1.82, 2.24) is 9.80 Å². The van der Waals surface area contributed by atoms with Gasteiger partial charge in [-0.15, -0.1) is 0 Å². The topological polar surface area (TPSA) is 67.7 Å². The fraction of sp³-hybridized carbons (Fsp3) is 0.609. The van der Waals surface area contributed by atoms with Gasteiger partial charge in [0.15, 0.2) is 0 Å². The van der Waals surface area contributed by atoms with E-state index in [0.717, 1.165) is 25.0 Å². The molecule has 4 fully saturated rings. The Kier molecular flexibility index (Phi) is 4.79. The summed E-state index contributed by atoms with van der Waals surface area (Å²) in [7, 11) is 0. The van der Waals surface area contributed by atoms with E-state index in [1.807, 2.05) is 11.8 Å². The van der Waals surface area contributed by atoms with Gasteiger partial charge in [-0.1, -0.05) is 6.92 Å². The Balaban J connectivity index is 1.28. The molecule has 9 heteroatoms. The number of carbonyl (C=O) groups is 2. The first kappa shape index (κ1) is 21.3. The number of benzene rings is 1. The Morgan fingerprint density at radius 3 is 2.66 bits per heavy atom. The van der Waals surface area contributed by atoms with Crippen LogP contribution in [0.2, 0.25) is 0 Å². The van der Waals surface area contributed by atoms with E-state index in [-0.39, 0.29) is 41.5 Å². The number of hydrogen-bond donors (Lipinski definition) is 0. The van der Waals surface area contributed by atoms with E-state index in [4.69, 9.17) is 0 Å². The third kappa shape index (κ3) is 3.36. The molecule has 0 N–H and O–H groups in total. The first-order valence-corrected chi connectivity index (χ1v) is 11.1. The standard InChI is InChI=1S/C23H25F3N4O2/c1-12-3-15(23(24,25)26)7-16(4-12)29-18-8-20(22(29)32)28(11-18)10-13(2)21(31)30-17(9-27)5-14-6-19(14)30/h3-4,7,13-14,17-20H,5-6,8,10-11H2,1-2H3/t13-,14+,17-,18-,19?,20-/m0/s1. The average molecular weight is 446 g/mol. The van der Waals surface area contributed by atoms with Crippen LogP contribution in [0, 0.1) is 30.1 Å². The number of piperidine rings is 1. The highest BCUT2D eigenvalue weighted by atomic mass is 19.4. The number of piperazine rings is 1. The molecule has 1 saturated carbocycles. The molecule has 1 aliphatic carbocycles. The summed E-state index contributed by atoms with van der Waals surface area (Å²) in [6, 6.07) is 5.18. The van der Waals surface area contributed by atoms with Crippen LogP contribution in [-0.4, -0.2) is 58.9 Å². The van der Waals surface area contributed by atoms with E-state index < -0.39 is 17.8 Å². The third-order valence-electron chi connectivity index (χ3n) is 7.37. The minimum atomic E-state index is -4.47. The summed E-state index contributed by atoms with van der Waals surface area (Å²) in [5.74, 6) is -0.147. The van der Waals surface area contributed by atoms with Gasteiger partial charge in [0.1, 0.15) is 6.04 Å². The molecular formula is C23H25F3N4O2. The molecule has 3 heterocycles.